The zero-order valence-corrected chi connectivity index (χ0v) is 12.8. The molecule has 0 aliphatic heterocycles. The number of carbonyl (C=O) groups excluding carboxylic acids is 2. The third-order valence-corrected chi connectivity index (χ3v) is 2.47. The van der Waals surface area contributed by atoms with Crippen molar-refractivity contribution in [1.82, 2.24) is 15.6 Å². The van der Waals surface area contributed by atoms with Gasteiger partial charge in [0.2, 0.25) is 0 Å². The van der Waals surface area contributed by atoms with Crippen molar-refractivity contribution in [3.05, 3.63) is 39.7 Å². The fraction of sp³-hybridized carbons (Fsp3) is 0.462. The standard InChI is InChI=1S/C13H18N4O6/c1-9(2)16-13(19)22-8-11-10(4-3-5-14-11)12(18)15-6-7-23-17(20)21/h3-5,9H,6-8H2,1-2H3,(H,15,18)(H,16,19). The van der Waals surface area contributed by atoms with Gasteiger partial charge in [0.1, 0.15) is 13.2 Å². The van der Waals surface area contributed by atoms with Gasteiger partial charge in [-0.2, -0.15) is 0 Å². The van der Waals surface area contributed by atoms with Gasteiger partial charge >= 0.3 is 6.09 Å². The number of amides is 2. The second-order valence-corrected chi connectivity index (χ2v) is 4.69. The molecular weight excluding hydrogens is 308 g/mol. The van der Waals surface area contributed by atoms with Gasteiger partial charge in [0.25, 0.3) is 11.0 Å². The van der Waals surface area contributed by atoms with E-state index in [4.69, 9.17) is 4.74 Å². The minimum atomic E-state index is -0.942. The minimum absolute atomic E-state index is 0.0388. The molecule has 1 aromatic heterocycles. The Morgan fingerprint density at radius 1 is 1.43 bits per heavy atom. The van der Waals surface area contributed by atoms with Crippen LogP contribution < -0.4 is 10.6 Å². The first-order valence-corrected chi connectivity index (χ1v) is 6.83. The number of rotatable bonds is 8. The maximum absolute atomic E-state index is 12.0. The molecule has 0 saturated carbocycles. The highest BCUT2D eigenvalue weighted by Crippen LogP contribution is 2.07. The molecular formula is C13H18N4O6. The summed E-state index contributed by atoms with van der Waals surface area (Å²) in [5, 5.41) is 14.1. The quantitative estimate of drug-likeness (QED) is 0.407. The molecule has 10 heteroatoms. The van der Waals surface area contributed by atoms with Crippen LogP contribution in [0, 0.1) is 10.1 Å². The predicted octanol–water partition coefficient (Wildman–Crippen LogP) is 0.654. The lowest BCUT2D eigenvalue weighted by Crippen LogP contribution is -2.31. The second-order valence-electron chi connectivity index (χ2n) is 4.69. The van der Waals surface area contributed by atoms with E-state index < -0.39 is 17.1 Å². The largest absolute Gasteiger partial charge is 0.443 e. The van der Waals surface area contributed by atoms with Crippen molar-refractivity contribution in [2.75, 3.05) is 13.2 Å². The van der Waals surface area contributed by atoms with Crippen LogP contribution in [0.2, 0.25) is 0 Å². The number of ether oxygens (including phenoxy) is 1. The Kier molecular flexibility index (Phi) is 7.24. The highest BCUT2D eigenvalue weighted by molar-refractivity contribution is 5.95. The highest BCUT2D eigenvalue weighted by atomic mass is 16.9. The van der Waals surface area contributed by atoms with Crippen molar-refractivity contribution >= 4 is 12.0 Å². The van der Waals surface area contributed by atoms with Crippen LogP contribution in [0.3, 0.4) is 0 Å². The van der Waals surface area contributed by atoms with Crippen LogP contribution in [0.5, 0.6) is 0 Å². The van der Waals surface area contributed by atoms with E-state index in [0.29, 0.717) is 0 Å². The number of hydrogen-bond donors (Lipinski definition) is 2. The van der Waals surface area contributed by atoms with Crippen LogP contribution in [-0.4, -0.2) is 41.3 Å². The molecule has 2 N–H and O–H groups in total. The molecule has 0 radical (unpaired) electrons. The molecule has 0 aliphatic rings. The number of carbonyl (C=O) groups is 2. The zero-order valence-electron chi connectivity index (χ0n) is 12.8. The van der Waals surface area contributed by atoms with E-state index in [-0.39, 0.29) is 37.1 Å². The summed E-state index contributed by atoms with van der Waals surface area (Å²) >= 11 is 0. The van der Waals surface area contributed by atoms with Gasteiger partial charge in [-0.05, 0) is 26.0 Å². The van der Waals surface area contributed by atoms with Crippen LogP contribution >= 0.6 is 0 Å². The first kappa shape index (κ1) is 18.1. The lowest BCUT2D eigenvalue weighted by Gasteiger charge is -2.11. The van der Waals surface area contributed by atoms with Crippen LogP contribution in [0.1, 0.15) is 29.9 Å². The maximum atomic E-state index is 12.0. The normalized spacial score (nSPS) is 10.0. The molecule has 0 aliphatic carbocycles. The van der Waals surface area contributed by atoms with Crippen LogP contribution in [0.15, 0.2) is 18.3 Å². The van der Waals surface area contributed by atoms with E-state index in [1.807, 2.05) is 0 Å². The first-order valence-electron chi connectivity index (χ1n) is 6.83. The SMILES string of the molecule is CC(C)NC(=O)OCc1ncccc1C(=O)NCCO[N+](=O)[O-]. The molecule has 1 heterocycles. The van der Waals surface area contributed by atoms with E-state index in [9.17, 15) is 19.7 Å². The maximum Gasteiger partial charge on any atom is 0.407 e. The van der Waals surface area contributed by atoms with Crippen molar-refractivity contribution in [2.24, 2.45) is 0 Å². The number of aromatic nitrogens is 1. The van der Waals surface area contributed by atoms with E-state index in [0.717, 1.165) is 0 Å². The van der Waals surface area contributed by atoms with Crippen molar-refractivity contribution < 1.29 is 24.3 Å². The summed E-state index contributed by atoms with van der Waals surface area (Å²) in [5.41, 5.74) is 0.491. The summed E-state index contributed by atoms with van der Waals surface area (Å²) in [6, 6.07) is 2.99. The van der Waals surface area contributed by atoms with Crippen molar-refractivity contribution in [2.45, 2.75) is 26.5 Å². The predicted molar refractivity (Wildman–Crippen MR) is 78.0 cm³/mol. The Balaban J connectivity index is 2.57. The average Bonchev–Trinajstić information content (AvgIpc) is 2.48. The van der Waals surface area contributed by atoms with Crippen molar-refractivity contribution in [3.8, 4) is 0 Å². The molecule has 10 nitrogen and oxygen atoms in total. The van der Waals surface area contributed by atoms with E-state index in [1.54, 1.807) is 19.9 Å². The topological polar surface area (TPSA) is 133 Å². The van der Waals surface area contributed by atoms with Crippen LogP contribution in [0.4, 0.5) is 4.79 Å². The molecule has 2 amide bonds. The summed E-state index contributed by atoms with van der Waals surface area (Å²) in [5.74, 6) is -0.493. The number of pyridine rings is 1. The Bertz CT molecular complexity index is 563. The third kappa shape index (κ3) is 7.07. The minimum Gasteiger partial charge on any atom is -0.443 e. The Hall–Kier alpha value is -2.91. The van der Waals surface area contributed by atoms with Crippen LogP contribution in [-0.2, 0) is 16.2 Å². The Morgan fingerprint density at radius 3 is 2.83 bits per heavy atom. The molecule has 126 valence electrons. The van der Waals surface area contributed by atoms with Crippen LogP contribution in [0.25, 0.3) is 0 Å². The first-order chi connectivity index (χ1) is 10.9. The van der Waals surface area contributed by atoms with Gasteiger partial charge in [0.15, 0.2) is 0 Å². The molecule has 0 spiro atoms. The van der Waals surface area contributed by atoms with Gasteiger partial charge in [-0.15, -0.1) is 10.1 Å². The van der Waals surface area contributed by atoms with Gasteiger partial charge in [-0.1, -0.05) is 0 Å². The molecule has 1 rings (SSSR count). The fourth-order valence-corrected chi connectivity index (χ4v) is 1.55. The monoisotopic (exact) mass is 326 g/mol. The Labute approximate surface area is 132 Å². The summed E-state index contributed by atoms with van der Waals surface area (Å²) < 4.78 is 4.98. The second kappa shape index (κ2) is 9.18. The fourth-order valence-electron chi connectivity index (χ4n) is 1.55. The number of alkyl carbamates (subject to hydrolysis) is 1. The van der Waals surface area contributed by atoms with Crippen molar-refractivity contribution in [3.63, 3.8) is 0 Å². The summed E-state index contributed by atoms with van der Waals surface area (Å²) in [6.07, 6.45) is 0.850. The van der Waals surface area contributed by atoms with E-state index >= 15 is 0 Å². The smallest absolute Gasteiger partial charge is 0.407 e. The third-order valence-electron chi connectivity index (χ3n) is 2.47. The molecule has 0 aromatic carbocycles. The molecule has 0 saturated heterocycles. The average molecular weight is 326 g/mol. The molecule has 23 heavy (non-hydrogen) atoms. The number of nitrogens with zero attached hydrogens (tertiary/aromatic N) is 2. The molecule has 0 fully saturated rings. The molecule has 0 unspecified atom stereocenters. The number of nitrogens with one attached hydrogen (secondary N) is 2. The molecule has 1 aromatic rings. The Morgan fingerprint density at radius 2 is 2.17 bits per heavy atom. The van der Waals surface area contributed by atoms with Gasteiger partial charge in [-0.3, -0.25) is 9.78 Å². The van der Waals surface area contributed by atoms with E-state index in [2.05, 4.69) is 20.5 Å². The van der Waals surface area contributed by atoms with Gasteiger partial charge in [0, 0.05) is 18.8 Å². The summed E-state index contributed by atoms with van der Waals surface area (Å²) in [6.45, 7) is 3.10. The molecule has 0 bridgehead atoms. The number of hydrogen-bond acceptors (Lipinski definition) is 7. The summed E-state index contributed by atoms with van der Waals surface area (Å²) in [7, 11) is 0. The van der Waals surface area contributed by atoms with E-state index in [1.165, 1.54) is 12.3 Å². The summed E-state index contributed by atoms with van der Waals surface area (Å²) in [4.78, 5) is 41.5. The van der Waals surface area contributed by atoms with Gasteiger partial charge in [0.05, 0.1) is 11.3 Å². The molecule has 0 atom stereocenters. The zero-order chi connectivity index (χ0) is 17.2. The van der Waals surface area contributed by atoms with Gasteiger partial charge in [-0.25, -0.2) is 4.79 Å². The van der Waals surface area contributed by atoms with Gasteiger partial charge < -0.3 is 20.2 Å². The lowest BCUT2D eigenvalue weighted by atomic mass is 10.2. The lowest BCUT2D eigenvalue weighted by molar-refractivity contribution is -0.757. The highest BCUT2D eigenvalue weighted by Gasteiger charge is 2.14. The van der Waals surface area contributed by atoms with Crippen molar-refractivity contribution in [1.29, 1.82) is 0 Å².